The second-order valence-electron chi connectivity index (χ2n) is 7.86. The average molecular weight is 453 g/mol. The molecule has 31 heavy (non-hydrogen) atoms. The van der Waals surface area contributed by atoms with Crippen molar-refractivity contribution in [1.29, 1.82) is 0 Å². The van der Waals surface area contributed by atoms with Crippen LogP contribution >= 0.6 is 0 Å². The van der Waals surface area contributed by atoms with Crippen LogP contribution in [0, 0.1) is 5.82 Å². The van der Waals surface area contributed by atoms with Crippen molar-refractivity contribution in [1.82, 2.24) is 15.0 Å². The van der Waals surface area contributed by atoms with Gasteiger partial charge < -0.3 is 19.1 Å². The number of likely N-dealkylation sites (tertiary alicyclic amines) is 1. The number of aromatic nitrogens is 2. The predicted octanol–water partition coefficient (Wildman–Crippen LogP) is 1.82. The molecule has 1 amide bonds. The number of aryl methyl sites for hydroxylation is 1. The molecule has 0 saturated carbocycles. The van der Waals surface area contributed by atoms with E-state index in [9.17, 15) is 17.6 Å². The van der Waals surface area contributed by atoms with Crippen LogP contribution < -0.4 is 9.64 Å². The van der Waals surface area contributed by atoms with E-state index < -0.39 is 21.8 Å². The third-order valence-corrected chi connectivity index (χ3v) is 6.85. The Hall–Kier alpha value is -2.69. The number of carbonyl (C=O) groups excluding carboxylic acids is 1. The Morgan fingerprint density at radius 1 is 1.23 bits per heavy atom. The summed E-state index contributed by atoms with van der Waals surface area (Å²) in [5.74, 6) is -0.418. The van der Waals surface area contributed by atoms with Crippen LogP contribution in [-0.2, 0) is 21.1 Å². The summed E-state index contributed by atoms with van der Waals surface area (Å²) in [5.41, 5.74) is 0. The minimum absolute atomic E-state index is 0.0726. The van der Waals surface area contributed by atoms with Gasteiger partial charge in [-0.1, -0.05) is 12.1 Å². The highest BCUT2D eigenvalue weighted by Crippen LogP contribution is 2.28. The number of carbonyl (C=O) groups is 1. The number of ether oxygens (including phenoxy) is 1. The average Bonchev–Trinajstić information content (AvgIpc) is 3.36. The number of piperidine rings is 1. The fourth-order valence-electron chi connectivity index (χ4n) is 3.99. The third kappa shape index (κ3) is 4.51. The summed E-state index contributed by atoms with van der Waals surface area (Å²) in [5, 5.41) is 3.92. The van der Waals surface area contributed by atoms with E-state index in [0.29, 0.717) is 44.3 Å². The van der Waals surface area contributed by atoms with Gasteiger partial charge in [-0.05, 0) is 31.0 Å². The van der Waals surface area contributed by atoms with Crippen molar-refractivity contribution in [3.63, 3.8) is 0 Å². The van der Waals surface area contributed by atoms with Gasteiger partial charge in [-0.15, -0.1) is 0 Å². The van der Waals surface area contributed by atoms with Gasteiger partial charge in [0.1, 0.15) is 0 Å². The molecule has 2 aliphatic heterocycles. The van der Waals surface area contributed by atoms with Crippen molar-refractivity contribution in [3.8, 4) is 5.75 Å². The van der Waals surface area contributed by atoms with E-state index in [2.05, 4.69) is 10.1 Å². The quantitative estimate of drug-likeness (QED) is 0.654. The van der Waals surface area contributed by atoms with Gasteiger partial charge in [0, 0.05) is 44.8 Å². The molecule has 1 aromatic carbocycles. The minimum Gasteiger partial charge on any atom is -0.477 e. The van der Waals surface area contributed by atoms with E-state index in [4.69, 9.17) is 9.26 Å². The molecule has 2 aliphatic rings. The number of hydrogen-bond donors (Lipinski definition) is 0. The van der Waals surface area contributed by atoms with Gasteiger partial charge in [-0.2, -0.15) is 4.98 Å². The van der Waals surface area contributed by atoms with Gasteiger partial charge >= 0.3 is 6.01 Å². The molecule has 168 valence electrons. The zero-order valence-electron chi connectivity index (χ0n) is 17.5. The first-order chi connectivity index (χ1) is 14.8. The zero-order valence-corrected chi connectivity index (χ0v) is 18.3. The molecule has 1 atom stereocenters. The predicted molar refractivity (Wildman–Crippen MR) is 109 cm³/mol. The van der Waals surface area contributed by atoms with Gasteiger partial charge in [0.2, 0.25) is 0 Å². The summed E-state index contributed by atoms with van der Waals surface area (Å²) in [6, 6.07) is 4.04. The number of sulfone groups is 1. The normalized spacial score (nSPS) is 20.5. The van der Waals surface area contributed by atoms with E-state index in [-0.39, 0.29) is 22.6 Å². The SMILES string of the molecule is CCc1noc(N2CCC(N3CC[C@H](Oc4ccc(S(C)(=O)=O)cc4F)C3=O)CC2)n1. The summed E-state index contributed by atoms with van der Waals surface area (Å²) in [4.78, 5) is 20.9. The molecule has 0 radical (unpaired) electrons. The number of amides is 1. The second-order valence-corrected chi connectivity index (χ2v) is 9.87. The number of anilines is 1. The monoisotopic (exact) mass is 452 g/mol. The van der Waals surface area contributed by atoms with Crippen molar-refractivity contribution < 1.29 is 26.9 Å². The largest absolute Gasteiger partial charge is 0.477 e. The highest BCUT2D eigenvalue weighted by atomic mass is 32.2. The number of halogens is 1. The molecule has 0 bridgehead atoms. The van der Waals surface area contributed by atoms with Gasteiger partial charge in [-0.3, -0.25) is 4.79 Å². The standard InChI is InChI=1S/C20H25FN4O5S/c1-3-18-22-20(30-23-18)24-9-6-13(7-10-24)25-11-8-17(19(25)26)29-16-5-4-14(12-15(16)21)31(2,27)28/h4-5,12-13,17H,3,6-11H2,1-2H3/t17-/m0/s1. The van der Waals surface area contributed by atoms with Crippen LogP contribution in [0.15, 0.2) is 27.6 Å². The smallest absolute Gasteiger partial charge is 0.324 e. The lowest BCUT2D eigenvalue weighted by Crippen LogP contribution is -2.47. The van der Waals surface area contributed by atoms with Crippen LogP contribution in [0.3, 0.4) is 0 Å². The van der Waals surface area contributed by atoms with E-state index in [1.807, 2.05) is 11.8 Å². The van der Waals surface area contributed by atoms with Crippen LogP contribution in [0.25, 0.3) is 0 Å². The molecule has 0 unspecified atom stereocenters. The van der Waals surface area contributed by atoms with Gasteiger partial charge in [0.25, 0.3) is 5.91 Å². The van der Waals surface area contributed by atoms with Crippen LogP contribution in [0.2, 0.25) is 0 Å². The van der Waals surface area contributed by atoms with Crippen LogP contribution in [-0.4, -0.2) is 67.4 Å². The molecule has 0 spiro atoms. The maximum atomic E-state index is 14.3. The van der Waals surface area contributed by atoms with Gasteiger partial charge in [0.05, 0.1) is 4.90 Å². The number of benzene rings is 1. The van der Waals surface area contributed by atoms with Crippen molar-refractivity contribution in [2.45, 2.75) is 49.6 Å². The van der Waals surface area contributed by atoms with Crippen molar-refractivity contribution in [2.24, 2.45) is 0 Å². The van der Waals surface area contributed by atoms with Crippen LogP contribution in [0.1, 0.15) is 32.0 Å². The maximum absolute atomic E-state index is 14.3. The fourth-order valence-corrected chi connectivity index (χ4v) is 4.63. The summed E-state index contributed by atoms with van der Waals surface area (Å²) in [6.07, 6.45) is 2.92. The first-order valence-corrected chi connectivity index (χ1v) is 12.2. The molecule has 9 nitrogen and oxygen atoms in total. The highest BCUT2D eigenvalue weighted by Gasteiger charge is 2.39. The Morgan fingerprint density at radius 3 is 2.58 bits per heavy atom. The lowest BCUT2D eigenvalue weighted by molar-refractivity contribution is -0.135. The first kappa shape index (κ1) is 21.5. The zero-order chi connectivity index (χ0) is 22.2. The van der Waals surface area contributed by atoms with E-state index in [0.717, 1.165) is 25.2 Å². The van der Waals surface area contributed by atoms with E-state index >= 15 is 0 Å². The number of rotatable bonds is 6. The molecule has 2 saturated heterocycles. The Bertz CT molecular complexity index is 1070. The van der Waals surface area contributed by atoms with Crippen LogP contribution in [0.5, 0.6) is 5.75 Å². The molecule has 0 N–H and O–H groups in total. The number of nitrogens with zero attached hydrogens (tertiary/aromatic N) is 4. The molecule has 3 heterocycles. The molecule has 2 aromatic rings. The Kier molecular flexibility index (Phi) is 5.87. The second kappa shape index (κ2) is 8.45. The molecule has 2 fully saturated rings. The molecule has 11 heteroatoms. The lowest BCUT2D eigenvalue weighted by atomic mass is 10.0. The summed E-state index contributed by atoms with van der Waals surface area (Å²) >= 11 is 0. The highest BCUT2D eigenvalue weighted by molar-refractivity contribution is 7.90. The third-order valence-electron chi connectivity index (χ3n) is 5.74. The molecular formula is C20H25FN4O5S. The van der Waals surface area contributed by atoms with E-state index in [1.54, 1.807) is 4.90 Å². The lowest BCUT2D eigenvalue weighted by Gasteiger charge is -2.35. The summed E-state index contributed by atoms with van der Waals surface area (Å²) in [6.45, 7) is 3.90. The first-order valence-electron chi connectivity index (χ1n) is 10.3. The Balaban J connectivity index is 1.35. The van der Waals surface area contributed by atoms with E-state index in [1.165, 1.54) is 12.1 Å². The minimum atomic E-state index is -3.52. The summed E-state index contributed by atoms with van der Waals surface area (Å²) in [7, 11) is -3.52. The maximum Gasteiger partial charge on any atom is 0.324 e. The van der Waals surface area contributed by atoms with Crippen molar-refractivity contribution in [3.05, 3.63) is 29.8 Å². The Morgan fingerprint density at radius 2 is 1.97 bits per heavy atom. The van der Waals surface area contributed by atoms with Crippen molar-refractivity contribution in [2.75, 3.05) is 30.8 Å². The number of hydrogen-bond acceptors (Lipinski definition) is 8. The summed E-state index contributed by atoms with van der Waals surface area (Å²) < 4.78 is 48.3. The topological polar surface area (TPSA) is 106 Å². The van der Waals surface area contributed by atoms with Crippen molar-refractivity contribution >= 4 is 21.8 Å². The van der Waals surface area contributed by atoms with Gasteiger partial charge in [0.15, 0.2) is 33.3 Å². The molecule has 0 aliphatic carbocycles. The van der Waals surface area contributed by atoms with Gasteiger partial charge in [-0.25, -0.2) is 12.8 Å². The molecule has 1 aromatic heterocycles. The molecule has 4 rings (SSSR count). The molecular weight excluding hydrogens is 427 g/mol. The Labute approximate surface area is 180 Å². The van der Waals surface area contributed by atoms with Crippen LogP contribution in [0.4, 0.5) is 10.4 Å². The fraction of sp³-hybridized carbons (Fsp3) is 0.550.